The van der Waals surface area contributed by atoms with Crippen LogP contribution < -0.4 is 15.4 Å². The number of halogens is 1. The lowest BCUT2D eigenvalue weighted by Gasteiger charge is -2.20. The van der Waals surface area contributed by atoms with Gasteiger partial charge in [0.1, 0.15) is 5.75 Å². The van der Waals surface area contributed by atoms with Crippen LogP contribution in [-0.4, -0.2) is 24.0 Å². The first-order valence-electron chi connectivity index (χ1n) is 8.67. The van der Waals surface area contributed by atoms with Gasteiger partial charge in [-0.25, -0.2) is 0 Å². The number of hydrogen-bond acceptors (Lipinski definition) is 3. The Morgan fingerprint density at radius 2 is 1.59 bits per heavy atom. The van der Waals surface area contributed by atoms with Crippen LogP contribution in [0, 0.1) is 13.8 Å². The zero-order valence-corrected chi connectivity index (χ0v) is 17.9. The van der Waals surface area contributed by atoms with Gasteiger partial charge in [-0.2, -0.15) is 0 Å². The molecule has 2 aromatic rings. The highest BCUT2D eigenvalue weighted by Crippen LogP contribution is 2.27. The Labute approximate surface area is 168 Å². The summed E-state index contributed by atoms with van der Waals surface area (Å²) in [5, 5.41) is 5.67. The number of carbonyl (C=O) groups is 2. The number of amides is 2. The molecule has 2 amide bonds. The molecule has 2 aromatic carbocycles. The third-order valence-electron chi connectivity index (χ3n) is 3.69. The highest BCUT2D eigenvalue weighted by Gasteiger charge is 2.15. The Kier molecular flexibility index (Phi) is 6.65. The highest BCUT2D eigenvalue weighted by molar-refractivity contribution is 9.10. The number of benzene rings is 2. The van der Waals surface area contributed by atoms with Crippen molar-refractivity contribution in [2.24, 2.45) is 0 Å². The van der Waals surface area contributed by atoms with Gasteiger partial charge in [-0.3, -0.25) is 9.59 Å². The van der Waals surface area contributed by atoms with Crippen LogP contribution in [-0.2, 0) is 4.79 Å². The predicted octanol–water partition coefficient (Wildman–Crippen LogP) is 4.61. The molecule has 27 heavy (non-hydrogen) atoms. The van der Waals surface area contributed by atoms with Crippen LogP contribution in [0.1, 0.15) is 42.3 Å². The third-order valence-corrected chi connectivity index (χ3v) is 4.15. The first-order chi connectivity index (χ1) is 12.5. The molecule has 0 saturated carbocycles. The van der Waals surface area contributed by atoms with Gasteiger partial charge in [0, 0.05) is 21.3 Å². The first kappa shape index (κ1) is 21.0. The number of rotatable bonds is 5. The van der Waals surface area contributed by atoms with Gasteiger partial charge < -0.3 is 15.4 Å². The number of anilines is 1. The van der Waals surface area contributed by atoms with Crippen molar-refractivity contribution in [2.75, 3.05) is 11.9 Å². The van der Waals surface area contributed by atoms with Crippen molar-refractivity contribution in [1.29, 1.82) is 0 Å². The van der Waals surface area contributed by atoms with Crippen LogP contribution in [0.5, 0.6) is 5.75 Å². The van der Waals surface area contributed by atoms with Crippen LogP contribution in [0.2, 0.25) is 0 Å². The minimum Gasteiger partial charge on any atom is -0.483 e. The fraction of sp³-hybridized carbons (Fsp3) is 0.333. The van der Waals surface area contributed by atoms with Crippen LogP contribution in [0.4, 0.5) is 5.69 Å². The summed E-state index contributed by atoms with van der Waals surface area (Å²) in [5.41, 5.74) is 2.78. The van der Waals surface area contributed by atoms with Crippen LogP contribution >= 0.6 is 15.9 Å². The van der Waals surface area contributed by atoms with Crippen LogP contribution in [0.3, 0.4) is 0 Å². The Hall–Kier alpha value is -2.34. The average Bonchev–Trinajstić information content (AvgIpc) is 2.52. The molecule has 0 aliphatic heterocycles. The number of ether oxygens (including phenoxy) is 1. The van der Waals surface area contributed by atoms with Gasteiger partial charge in [-0.05, 0) is 82.1 Å². The number of carbonyl (C=O) groups excluding carboxylic acids is 2. The molecule has 0 aliphatic carbocycles. The molecule has 2 rings (SSSR count). The topological polar surface area (TPSA) is 67.4 Å². The SMILES string of the molecule is Cc1cc(Br)cc(C)c1OCC(=O)Nc1ccc(C(=O)NC(C)(C)C)cc1. The van der Waals surface area contributed by atoms with E-state index in [0.29, 0.717) is 17.0 Å². The summed E-state index contributed by atoms with van der Waals surface area (Å²) in [7, 11) is 0. The highest BCUT2D eigenvalue weighted by atomic mass is 79.9. The van der Waals surface area contributed by atoms with E-state index in [0.717, 1.165) is 15.6 Å². The lowest BCUT2D eigenvalue weighted by atomic mass is 10.1. The molecular formula is C21H25BrN2O3. The lowest BCUT2D eigenvalue weighted by Crippen LogP contribution is -2.40. The molecular weight excluding hydrogens is 408 g/mol. The molecule has 0 heterocycles. The Bertz CT molecular complexity index is 816. The minimum absolute atomic E-state index is 0.0877. The van der Waals surface area contributed by atoms with E-state index in [1.165, 1.54) is 0 Å². The second-order valence-corrected chi connectivity index (χ2v) is 8.40. The van der Waals surface area contributed by atoms with Crippen molar-refractivity contribution in [3.8, 4) is 5.75 Å². The largest absolute Gasteiger partial charge is 0.483 e. The summed E-state index contributed by atoms with van der Waals surface area (Å²) < 4.78 is 6.65. The summed E-state index contributed by atoms with van der Waals surface area (Å²) in [6, 6.07) is 10.7. The van der Waals surface area contributed by atoms with E-state index < -0.39 is 0 Å². The second kappa shape index (κ2) is 8.57. The quantitative estimate of drug-likeness (QED) is 0.724. The second-order valence-electron chi connectivity index (χ2n) is 7.49. The van der Waals surface area contributed by atoms with E-state index in [4.69, 9.17) is 4.74 Å². The van der Waals surface area contributed by atoms with Gasteiger partial charge in [0.25, 0.3) is 11.8 Å². The smallest absolute Gasteiger partial charge is 0.262 e. The number of aryl methyl sites for hydroxylation is 2. The first-order valence-corrected chi connectivity index (χ1v) is 9.46. The van der Waals surface area contributed by atoms with Gasteiger partial charge in [0.2, 0.25) is 0 Å². The van der Waals surface area contributed by atoms with Gasteiger partial charge in [-0.1, -0.05) is 15.9 Å². The van der Waals surface area contributed by atoms with E-state index in [1.807, 2.05) is 46.8 Å². The van der Waals surface area contributed by atoms with Crippen LogP contribution in [0.15, 0.2) is 40.9 Å². The van der Waals surface area contributed by atoms with Gasteiger partial charge in [0.05, 0.1) is 0 Å². The van der Waals surface area contributed by atoms with Crippen molar-refractivity contribution < 1.29 is 14.3 Å². The monoisotopic (exact) mass is 432 g/mol. The molecule has 0 atom stereocenters. The summed E-state index contributed by atoms with van der Waals surface area (Å²) >= 11 is 3.44. The van der Waals surface area contributed by atoms with Crippen molar-refractivity contribution in [3.05, 3.63) is 57.6 Å². The Morgan fingerprint density at radius 1 is 1.04 bits per heavy atom. The molecule has 0 aromatic heterocycles. The standard InChI is InChI=1S/C21H25BrN2O3/c1-13-10-16(22)11-14(2)19(13)27-12-18(25)23-17-8-6-15(7-9-17)20(26)24-21(3,4)5/h6-11H,12H2,1-5H3,(H,23,25)(H,24,26). The van der Waals surface area contributed by atoms with E-state index in [9.17, 15) is 9.59 Å². The summed E-state index contributed by atoms with van der Waals surface area (Å²) in [4.78, 5) is 24.3. The molecule has 0 bridgehead atoms. The van der Waals surface area contributed by atoms with Crippen molar-refractivity contribution in [2.45, 2.75) is 40.2 Å². The van der Waals surface area contributed by atoms with Crippen molar-refractivity contribution in [1.82, 2.24) is 5.32 Å². The lowest BCUT2D eigenvalue weighted by molar-refractivity contribution is -0.118. The van der Waals surface area contributed by atoms with Gasteiger partial charge >= 0.3 is 0 Å². The Morgan fingerprint density at radius 3 is 2.11 bits per heavy atom. The van der Waals surface area contributed by atoms with E-state index in [2.05, 4.69) is 26.6 Å². The van der Waals surface area contributed by atoms with Crippen molar-refractivity contribution >= 4 is 33.4 Å². The fourth-order valence-corrected chi connectivity index (χ4v) is 3.26. The van der Waals surface area contributed by atoms with Crippen molar-refractivity contribution in [3.63, 3.8) is 0 Å². The zero-order valence-electron chi connectivity index (χ0n) is 16.3. The average molecular weight is 433 g/mol. The predicted molar refractivity (Wildman–Crippen MR) is 111 cm³/mol. The summed E-state index contributed by atoms with van der Waals surface area (Å²) in [6.07, 6.45) is 0. The summed E-state index contributed by atoms with van der Waals surface area (Å²) in [5.74, 6) is 0.302. The van der Waals surface area contributed by atoms with Gasteiger partial charge in [-0.15, -0.1) is 0 Å². The molecule has 2 N–H and O–H groups in total. The number of hydrogen-bond donors (Lipinski definition) is 2. The Balaban J connectivity index is 1.94. The van der Waals surface area contributed by atoms with E-state index in [-0.39, 0.29) is 24.0 Å². The normalized spacial score (nSPS) is 11.0. The molecule has 5 nitrogen and oxygen atoms in total. The van der Waals surface area contributed by atoms with Crippen LogP contribution in [0.25, 0.3) is 0 Å². The zero-order chi connectivity index (χ0) is 20.2. The maximum Gasteiger partial charge on any atom is 0.262 e. The maximum atomic E-state index is 12.2. The fourth-order valence-electron chi connectivity index (χ4n) is 2.58. The molecule has 0 unspecified atom stereocenters. The molecule has 0 aliphatic rings. The number of nitrogens with one attached hydrogen (secondary N) is 2. The minimum atomic E-state index is -0.301. The molecule has 6 heteroatoms. The maximum absolute atomic E-state index is 12.2. The molecule has 144 valence electrons. The molecule has 0 radical (unpaired) electrons. The van der Waals surface area contributed by atoms with E-state index in [1.54, 1.807) is 24.3 Å². The molecule has 0 spiro atoms. The molecule has 0 fully saturated rings. The van der Waals surface area contributed by atoms with Gasteiger partial charge in [0.15, 0.2) is 6.61 Å². The van der Waals surface area contributed by atoms with E-state index >= 15 is 0 Å². The third kappa shape index (κ3) is 6.40. The summed E-state index contributed by atoms with van der Waals surface area (Å²) in [6.45, 7) is 9.56. The molecule has 0 saturated heterocycles.